The van der Waals surface area contributed by atoms with Crippen molar-refractivity contribution in [2.45, 2.75) is 9.92 Å². The average Bonchev–Trinajstić information content (AvgIpc) is 2.46. The van der Waals surface area contributed by atoms with E-state index in [0.717, 1.165) is 12.3 Å². The lowest BCUT2D eigenvalue weighted by Gasteiger charge is -2.08. The van der Waals surface area contributed by atoms with Gasteiger partial charge in [-0.05, 0) is 36.4 Å². The van der Waals surface area contributed by atoms with Crippen molar-refractivity contribution in [1.29, 1.82) is 0 Å². The number of pyridine rings is 1. The summed E-state index contributed by atoms with van der Waals surface area (Å²) in [7, 11) is -8.05. The van der Waals surface area contributed by atoms with Crippen LogP contribution in [0.3, 0.4) is 0 Å². The lowest BCUT2D eigenvalue weighted by molar-refractivity contribution is 0.256. The van der Waals surface area contributed by atoms with Crippen molar-refractivity contribution in [3.05, 3.63) is 47.6 Å². The van der Waals surface area contributed by atoms with Crippen LogP contribution in [0.2, 0.25) is 5.02 Å². The lowest BCUT2D eigenvalue weighted by atomic mass is 10.4. The van der Waals surface area contributed by atoms with Crippen LogP contribution in [0.5, 0.6) is 0 Å². The molecule has 0 aliphatic carbocycles. The van der Waals surface area contributed by atoms with Gasteiger partial charge in [-0.3, -0.25) is 0 Å². The number of amides is 2. The maximum atomic E-state index is 12.0. The number of urea groups is 1. The maximum absolute atomic E-state index is 12.0. The second-order valence-electron chi connectivity index (χ2n) is 4.44. The van der Waals surface area contributed by atoms with Crippen molar-refractivity contribution < 1.29 is 21.6 Å². The van der Waals surface area contributed by atoms with Gasteiger partial charge in [-0.1, -0.05) is 11.6 Å². The normalized spacial score (nSPS) is 11.8. The molecule has 0 aliphatic rings. The number of carbonyl (C=O) groups is 1. The summed E-state index contributed by atoms with van der Waals surface area (Å²) >= 11 is 5.67. The third-order valence-corrected chi connectivity index (χ3v) is 5.06. The molecule has 9 nitrogen and oxygen atoms in total. The second kappa shape index (κ2) is 6.73. The molecule has 12 heteroatoms. The first-order valence-electron chi connectivity index (χ1n) is 6.16. The minimum atomic E-state index is -4.08. The molecule has 0 aliphatic heterocycles. The quantitative estimate of drug-likeness (QED) is 0.705. The van der Waals surface area contributed by atoms with Crippen molar-refractivity contribution in [3.63, 3.8) is 0 Å². The Labute approximate surface area is 142 Å². The Morgan fingerprint density at radius 2 is 1.67 bits per heavy atom. The highest BCUT2D eigenvalue weighted by Gasteiger charge is 2.18. The van der Waals surface area contributed by atoms with Crippen LogP contribution in [-0.2, 0) is 20.0 Å². The molecule has 0 unspecified atom stereocenters. The van der Waals surface area contributed by atoms with Gasteiger partial charge in [-0.25, -0.2) is 36.5 Å². The smallest absolute Gasteiger partial charge is 0.306 e. The topological polar surface area (TPSA) is 148 Å². The van der Waals surface area contributed by atoms with E-state index >= 15 is 0 Å². The van der Waals surface area contributed by atoms with Crippen molar-refractivity contribution in [1.82, 2.24) is 9.71 Å². The van der Waals surface area contributed by atoms with E-state index in [1.54, 1.807) is 4.72 Å². The van der Waals surface area contributed by atoms with E-state index in [4.69, 9.17) is 16.7 Å². The predicted molar refractivity (Wildman–Crippen MR) is 86.4 cm³/mol. The molecular formula is C12H11ClN4O5S2. The number of anilines is 1. The Balaban J connectivity index is 2.09. The molecule has 0 radical (unpaired) electrons. The Morgan fingerprint density at radius 1 is 1.04 bits per heavy atom. The summed E-state index contributed by atoms with van der Waals surface area (Å²) in [4.78, 5) is 15.2. The number of hydrogen-bond acceptors (Lipinski definition) is 6. The molecule has 0 fully saturated rings. The van der Waals surface area contributed by atoms with Gasteiger partial charge in [0.2, 0.25) is 0 Å². The van der Waals surface area contributed by atoms with Gasteiger partial charge in [-0.15, -0.1) is 0 Å². The largest absolute Gasteiger partial charge is 0.333 e. The third kappa shape index (κ3) is 4.64. The van der Waals surface area contributed by atoms with E-state index in [2.05, 4.69) is 10.3 Å². The second-order valence-corrected chi connectivity index (χ2v) is 8.07. The number of aromatic nitrogens is 1. The van der Waals surface area contributed by atoms with Gasteiger partial charge in [0.1, 0.15) is 0 Å². The molecule has 24 heavy (non-hydrogen) atoms. The number of benzene rings is 1. The SMILES string of the molecule is NS(=O)(=O)c1ccc(NC(=O)NS(=O)(=O)c2ccc(Cl)cc2)cn1. The van der Waals surface area contributed by atoms with Crippen LogP contribution in [-0.4, -0.2) is 27.9 Å². The van der Waals surface area contributed by atoms with Crippen LogP contribution in [0, 0.1) is 0 Å². The fourth-order valence-corrected chi connectivity index (χ4v) is 3.06. The zero-order valence-electron chi connectivity index (χ0n) is 11.8. The number of rotatable bonds is 4. The lowest BCUT2D eigenvalue weighted by Crippen LogP contribution is -2.34. The molecule has 0 spiro atoms. The highest BCUT2D eigenvalue weighted by atomic mass is 35.5. The first kappa shape index (κ1) is 18.1. The fraction of sp³-hybridized carbons (Fsp3) is 0. The summed E-state index contributed by atoms with van der Waals surface area (Å²) in [5.74, 6) is 0. The van der Waals surface area contributed by atoms with Crippen LogP contribution in [0.25, 0.3) is 0 Å². The van der Waals surface area contributed by atoms with Gasteiger partial charge >= 0.3 is 6.03 Å². The molecule has 0 bridgehead atoms. The van der Waals surface area contributed by atoms with Crippen molar-refractivity contribution in [3.8, 4) is 0 Å². The highest BCUT2D eigenvalue weighted by molar-refractivity contribution is 7.90. The summed E-state index contributed by atoms with van der Waals surface area (Å²) in [6, 6.07) is 6.43. The summed E-state index contributed by atoms with van der Waals surface area (Å²) in [6.07, 6.45) is 1.02. The van der Waals surface area contributed by atoms with Gasteiger partial charge in [0.15, 0.2) is 5.03 Å². The third-order valence-electron chi connectivity index (χ3n) is 2.64. The molecule has 128 valence electrons. The first-order chi connectivity index (χ1) is 11.1. The molecule has 2 aromatic rings. The number of nitrogens with two attached hydrogens (primary N) is 1. The Hall–Kier alpha value is -2.21. The van der Waals surface area contributed by atoms with Gasteiger partial charge in [0.25, 0.3) is 20.0 Å². The van der Waals surface area contributed by atoms with Gasteiger partial charge in [0.05, 0.1) is 16.8 Å². The summed E-state index contributed by atoms with van der Waals surface area (Å²) in [5, 5.41) is 7.05. The van der Waals surface area contributed by atoms with E-state index in [9.17, 15) is 21.6 Å². The molecule has 2 rings (SSSR count). The highest BCUT2D eigenvalue weighted by Crippen LogP contribution is 2.14. The number of hydrogen-bond donors (Lipinski definition) is 3. The molecule has 1 heterocycles. The number of nitrogens with one attached hydrogen (secondary N) is 2. The summed E-state index contributed by atoms with van der Waals surface area (Å²) in [5.41, 5.74) is 0.0752. The van der Waals surface area contributed by atoms with Crippen molar-refractivity contribution in [2.75, 3.05) is 5.32 Å². The number of primary sulfonamides is 1. The Morgan fingerprint density at radius 3 is 2.17 bits per heavy atom. The van der Waals surface area contributed by atoms with Gasteiger partial charge < -0.3 is 5.32 Å². The van der Waals surface area contributed by atoms with E-state index in [0.29, 0.717) is 5.02 Å². The van der Waals surface area contributed by atoms with Crippen LogP contribution in [0.1, 0.15) is 0 Å². The Bertz CT molecular complexity index is 958. The average molecular weight is 391 g/mol. The molecule has 2 amide bonds. The monoisotopic (exact) mass is 390 g/mol. The van der Waals surface area contributed by atoms with Crippen LogP contribution >= 0.6 is 11.6 Å². The standard InChI is InChI=1S/C12H11ClN4O5S2/c13-8-1-4-10(5-2-8)24(21,22)17-12(18)16-9-3-6-11(15-7-9)23(14,19)20/h1-7H,(H2,14,19,20)(H2,16,17,18). The summed E-state index contributed by atoms with van der Waals surface area (Å²) in [6.45, 7) is 0. The van der Waals surface area contributed by atoms with E-state index < -0.39 is 26.1 Å². The zero-order chi connectivity index (χ0) is 18.0. The molecule has 0 atom stereocenters. The van der Waals surface area contributed by atoms with Crippen LogP contribution < -0.4 is 15.2 Å². The fourth-order valence-electron chi connectivity index (χ4n) is 1.57. The number of carbonyl (C=O) groups excluding carboxylic acids is 1. The molecule has 0 saturated carbocycles. The van der Waals surface area contributed by atoms with Crippen LogP contribution in [0.4, 0.5) is 10.5 Å². The minimum Gasteiger partial charge on any atom is -0.306 e. The number of nitrogens with zero attached hydrogens (tertiary/aromatic N) is 1. The molecule has 1 aromatic heterocycles. The first-order valence-corrected chi connectivity index (χ1v) is 9.57. The number of halogens is 1. The number of sulfonamides is 2. The Kier molecular flexibility index (Phi) is 5.08. The van der Waals surface area contributed by atoms with E-state index in [1.807, 2.05) is 0 Å². The molecule has 0 saturated heterocycles. The minimum absolute atomic E-state index is 0.0752. The van der Waals surface area contributed by atoms with Gasteiger partial charge in [-0.2, -0.15) is 0 Å². The summed E-state index contributed by atoms with van der Waals surface area (Å²) < 4.78 is 47.9. The zero-order valence-corrected chi connectivity index (χ0v) is 14.2. The van der Waals surface area contributed by atoms with E-state index in [-0.39, 0.29) is 15.6 Å². The molecular weight excluding hydrogens is 380 g/mol. The van der Waals surface area contributed by atoms with Crippen molar-refractivity contribution >= 4 is 43.4 Å². The molecule has 1 aromatic carbocycles. The maximum Gasteiger partial charge on any atom is 0.333 e. The predicted octanol–water partition coefficient (Wildman–Crippen LogP) is 0.893. The van der Waals surface area contributed by atoms with Crippen molar-refractivity contribution in [2.24, 2.45) is 5.14 Å². The molecule has 4 N–H and O–H groups in total. The van der Waals surface area contributed by atoms with Gasteiger partial charge in [0, 0.05) is 5.02 Å². The van der Waals surface area contributed by atoms with E-state index in [1.165, 1.54) is 30.3 Å². The van der Waals surface area contributed by atoms with Crippen LogP contribution in [0.15, 0.2) is 52.5 Å².